The molecular weight excluding hydrogens is 536 g/mol. The maximum absolute atomic E-state index is 13.0. The Balaban J connectivity index is 1.40. The third-order valence-electron chi connectivity index (χ3n) is 5.46. The maximum Gasteiger partial charge on any atom is 0.266 e. The number of hydrogen-bond donors (Lipinski definition) is 2. The number of carbonyl (C=O) groups is 4. The summed E-state index contributed by atoms with van der Waals surface area (Å²) >= 11 is 6.34. The Morgan fingerprint density at radius 2 is 1.78 bits per heavy atom. The standard InChI is InChI=1S/C24H20N4O6S3/c25-37(33,34)17-11-9-16(10-12-17)26-20(29)14-27-21(30)13-18(22(27)31)28-23(32)19(36-24(28)35)8-4-7-15-5-2-1-3-6-15/h1-12,18H,13-14H2,(H,26,29)(H2,25,33,34). The molecule has 13 heteroatoms. The van der Waals surface area contributed by atoms with Crippen molar-refractivity contribution < 1.29 is 27.6 Å². The van der Waals surface area contributed by atoms with E-state index >= 15 is 0 Å². The van der Waals surface area contributed by atoms with Gasteiger partial charge < -0.3 is 5.32 Å². The minimum atomic E-state index is -3.89. The van der Waals surface area contributed by atoms with Gasteiger partial charge >= 0.3 is 0 Å². The number of imide groups is 1. The number of sulfonamides is 1. The first-order valence-corrected chi connectivity index (χ1v) is 13.6. The van der Waals surface area contributed by atoms with Crippen LogP contribution in [0.1, 0.15) is 12.0 Å². The second-order valence-corrected chi connectivity index (χ2v) is 11.2. The van der Waals surface area contributed by atoms with Crippen LogP contribution in [0.5, 0.6) is 0 Å². The molecule has 4 rings (SSSR count). The first kappa shape index (κ1) is 26.4. The van der Waals surface area contributed by atoms with Crippen LogP contribution in [-0.2, 0) is 29.2 Å². The van der Waals surface area contributed by atoms with Crippen LogP contribution in [0.25, 0.3) is 6.08 Å². The fourth-order valence-electron chi connectivity index (χ4n) is 3.68. The average molecular weight is 557 g/mol. The molecule has 4 amide bonds. The van der Waals surface area contributed by atoms with Gasteiger partial charge in [0.15, 0.2) is 0 Å². The second kappa shape index (κ2) is 10.8. The van der Waals surface area contributed by atoms with Crippen LogP contribution >= 0.6 is 24.0 Å². The summed E-state index contributed by atoms with van der Waals surface area (Å²) in [5.41, 5.74) is 1.19. The minimum Gasteiger partial charge on any atom is -0.325 e. The highest BCUT2D eigenvalue weighted by molar-refractivity contribution is 8.26. The van der Waals surface area contributed by atoms with Gasteiger partial charge in [-0.2, -0.15) is 0 Å². The van der Waals surface area contributed by atoms with Crippen molar-refractivity contribution in [3.8, 4) is 0 Å². The lowest BCUT2D eigenvalue weighted by Crippen LogP contribution is -2.45. The number of benzene rings is 2. The number of nitrogens with zero attached hydrogens (tertiary/aromatic N) is 2. The van der Waals surface area contributed by atoms with Crippen LogP contribution in [-0.4, -0.2) is 58.8 Å². The summed E-state index contributed by atoms with van der Waals surface area (Å²) in [4.78, 5) is 53.0. The molecule has 190 valence electrons. The third kappa shape index (κ3) is 6.02. The predicted molar refractivity (Wildman–Crippen MR) is 142 cm³/mol. The van der Waals surface area contributed by atoms with Crippen LogP contribution in [0.3, 0.4) is 0 Å². The molecule has 0 spiro atoms. The minimum absolute atomic E-state index is 0.133. The lowest BCUT2D eigenvalue weighted by Gasteiger charge is -2.21. The van der Waals surface area contributed by atoms with Crippen molar-refractivity contribution in [2.45, 2.75) is 17.4 Å². The zero-order valence-electron chi connectivity index (χ0n) is 19.1. The normalized spacial score (nSPS) is 19.5. The van der Waals surface area contributed by atoms with Crippen molar-refractivity contribution in [1.82, 2.24) is 9.80 Å². The van der Waals surface area contributed by atoms with Crippen molar-refractivity contribution in [3.05, 3.63) is 77.2 Å². The van der Waals surface area contributed by atoms with Gasteiger partial charge in [-0.15, -0.1) is 0 Å². The van der Waals surface area contributed by atoms with Crippen LogP contribution in [0.15, 0.2) is 76.5 Å². The van der Waals surface area contributed by atoms with Gasteiger partial charge in [0.2, 0.25) is 21.8 Å². The summed E-state index contributed by atoms with van der Waals surface area (Å²) in [6, 6.07) is 13.4. The molecule has 37 heavy (non-hydrogen) atoms. The van der Waals surface area contributed by atoms with Gasteiger partial charge in [0.1, 0.15) is 16.9 Å². The molecule has 0 bridgehead atoms. The number of thioether (sulfide) groups is 1. The lowest BCUT2D eigenvalue weighted by atomic mass is 10.2. The molecule has 1 atom stereocenters. The number of nitrogens with one attached hydrogen (secondary N) is 1. The highest BCUT2D eigenvalue weighted by Gasteiger charge is 2.48. The Morgan fingerprint density at radius 3 is 2.43 bits per heavy atom. The Labute approximate surface area is 222 Å². The topological polar surface area (TPSA) is 147 Å². The van der Waals surface area contributed by atoms with Crippen molar-refractivity contribution >= 4 is 73.7 Å². The summed E-state index contributed by atoms with van der Waals surface area (Å²) in [6.45, 7) is -0.574. The van der Waals surface area contributed by atoms with E-state index in [0.717, 1.165) is 27.1 Å². The molecule has 3 N–H and O–H groups in total. The summed E-state index contributed by atoms with van der Waals surface area (Å²) in [7, 11) is -3.89. The van der Waals surface area contributed by atoms with Gasteiger partial charge in [-0.3, -0.25) is 29.0 Å². The second-order valence-electron chi connectivity index (χ2n) is 8.00. The number of nitrogens with two attached hydrogens (primary N) is 1. The number of thiocarbonyl (C=S) groups is 1. The molecule has 2 aliphatic heterocycles. The molecule has 2 aromatic carbocycles. The van der Waals surface area contributed by atoms with Crippen molar-refractivity contribution in [2.75, 3.05) is 11.9 Å². The lowest BCUT2D eigenvalue weighted by molar-refractivity contribution is -0.143. The maximum atomic E-state index is 13.0. The number of allylic oxidation sites excluding steroid dienone is 2. The van der Waals surface area contributed by atoms with E-state index in [2.05, 4.69) is 5.32 Å². The van der Waals surface area contributed by atoms with Crippen LogP contribution < -0.4 is 10.5 Å². The number of anilines is 1. The molecule has 2 heterocycles. The number of carbonyl (C=O) groups excluding carboxylic acids is 4. The fraction of sp³-hybridized carbons (Fsp3) is 0.125. The van der Waals surface area contributed by atoms with Crippen molar-refractivity contribution in [3.63, 3.8) is 0 Å². The van der Waals surface area contributed by atoms with E-state index in [9.17, 15) is 27.6 Å². The summed E-state index contributed by atoms with van der Waals surface area (Å²) in [5.74, 6) is -2.49. The Hall–Kier alpha value is -3.65. The van der Waals surface area contributed by atoms with E-state index in [4.69, 9.17) is 17.4 Å². The van der Waals surface area contributed by atoms with Crippen LogP contribution in [0.4, 0.5) is 5.69 Å². The van der Waals surface area contributed by atoms with E-state index in [1.807, 2.05) is 36.4 Å². The Bertz CT molecular complexity index is 1450. The van der Waals surface area contributed by atoms with E-state index in [1.165, 1.54) is 24.3 Å². The average Bonchev–Trinajstić information content (AvgIpc) is 3.28. The van der Waals surface area contributed by atoms with E-state index in [1.54, 1.807) is 12.2 Å². The van der Waals surface area contributed by atoms with E-state index < -0.39 is 46.2 Å². The third-order valence-corrected chi connectivity index (χ3v) is 7.74. The molecule has 2 saturated heterocycles. The first-order valence-electron chi connectivity index (χ1n) is 10.8. The summed E-state index contributed by atoms with van der Waals surface area (Å²) in [6.07, 6.45) is 4.82. The number of amides is 4. The zero-order valence-corrected chi connectivity index (χ0v) is 21.5. The first-order chi connectivity index (χ1) is 17.5. The SMILES string of the molecule is NS(=O)(=O)c1ccc(NC(=O)CN2C(=O)CC(N3C(=O)C(=CC=Cc4ccccc4)SC3=S)C2=O)cc1. The molecule has 2 aliphatic rings. The van der Waals surface area contributed by atoms with Crippen LogP contribution in [0, 0.1) is 0 Å². The molecule has 2 aromatic rings. The van der Waals surface area contributed by atoms with Crippen molar-refractivity contribution in [1.29, 1.82) is 0 Å². The molecule has 0 radical (unpaired) electrons. The molecule has 10 nitrogen and oxygen atoms in total. The Kier molecular flexibility index (Phi) is 7.68. The smallest absolute Gasteiger partial charge is 0.266 e. The van der Waals surface area contributed by atoms with E-state index in [-0.39, 0.29) is 21.3 Å². The number of likely N-dealkylation sites (tertiary alicyclic amines) is 1. The number of hydrogen-bond acceptors (Lipinski definition) is 8. The molecule has 0 aromatic heterocycles. The van der Waals surface area contributed by atoms with E-state index in [0.29, 0.717) is 4.91 Å². The molecular formula is C24H20N4O6S3. The van der Waals surface area contributed by atoms with Gasteiger partial charge in [0.05, 0.1) is 16.2 Å². The Morgan fingerprint density at radius 1 is 1.11 bits per heavy atom. The number of primary sulfonamides is 1. The monoisotopic (exact) mass is 556 g/mol. The highest BCUT2D eigenvalue weighted by Crippen LogP contribution is 2.35. The predicted octanol–water partition coefficient (Wildman–Crippen LogP) is 1.86. The van der Waals surface area contributed by atoms with Gasteiger partial charge in [0.25, 0.3) is 11.8 Å². The molecule has 0 saturated carbocycles. The molecule has 0 aliphatic carbocycles. The van der Waals surface area contributed by atoms with Crippen LogP contribution in [0.2, 0.25) is 0 Å². The van der Waals surface area contributed by atoms with Gasteiger partial charge in [-0.05, 0) is 35.9 Å². The van der Waals surface area contributed by atoms with Gasteiger partial charge in [-0.1, -0.05) is 66.5 Å². The molecule has 1 unspecified atom stereocenters. The fourth-order valence-corrected chi connectivity index (χ4v) is 5.50. The summed E-state index contributed by atoms with van der Waals surface area (Å²) < 4.78 is 22.8. The zero-order chi connectivity index (χ0) is 26.7. The highest BCUT2D eigenvalue weighted by atomic mass is 32.2. The quantitative estimate of drug-likeness (QED) is 0.298. The number of rotatable bonds is 7. The molecule has 2 fully saturated rings. The largest absolute Gasteiger partial charge is 0.325 e. The van der Waals surface area contributed by atoms with Crippen molar-refractivity contribution in [2.24, 2.45) is 5.14 Å². The van der Waals surface area contributed by atoms with Gasteiger partial charge in [0, 0.05) is 5.69 Å². The summed E-state index contributed by atoms with van der Waals surface area (Å²) in [5, 5.41) is 7.53. The van der Waals surface area contributed by atoms with Gasteiger partial charge in [-0.25, -0.2) is 13.6 Å².